The lowest BCUT2D eigenvalue weighted by molar-refractivity contribution is -0.155. The zero-order valence-corrected chi connectivity index (χ0v) is 12.2. The molecular weight excluding hydrogens is 242 g/mol. The van der Waals surface area contributed by atoms with Crippen LogP contribution in [0.4, 0.5) is 0 Å². The average Bonchev–Trinajstić information content (AvgIpc) is 2.27. The summed E-state index contributed by atoms with van der Waals surface area (Å²) in [5, 5.41) is 2.51. The minimum atomic E-state index is -0.175. The lowest BCUT2D eigenvalue weighted by Gasteiger charge is -2.48. The van der Waals surface area contributed by atoms with Crippen LogP contribution in [0.1, 0.15) is 52.9 Å². The predicted molar refractivity (Wildman–Crippen MR) is 72.4 cm³/mol. The lowest BCUT2D eigenvalue weighted by Crippen LogP contribution is -2.56. The van der Waals surface area contributed by atoms with E-state index in [4.69, 9.17) is 4.74 Å². The van der Waals surface area contributed by atoms with Gasteiger partial charge in [-0.05, 0) is 30.6 Å². The van der Waals surface area contributed by atoms with Gasteiger partial charge in [-0.2, -0.15) is 0 Å². The van der Waals surface area contributed by atoms with Crippen molar-refractivity contribution in [2.45, 2.75) is 59.0 Å². The molecule has 1 spiro atoms. The molecule has 0 aromatic rings. The number of hydrogen-bond acceptors (Lipinski definition) is 3. The third-order valence-corrected chi connectivity index (χ3v) is 4.58. The van der Waals surface area contributed by atoms with Crippen LogP contribution in [0.15, 0.2) is 0 Å². The Morgan fingerprint density at radius 2 is 2.16 bits per heavy atom. The minimum absolute atomic E-state index is 0.0616. The van der Waals surface area contributed by atoms with E-state index in [1.165, 1.54) is 0 Å². The van der Waals surface area contributed by atoms with Crippen molar-refractivity contribution in [3.63, 3.8) is 0 Å². The van der Waals surface area contributed by atoms with E-state index >= 15 is 0 Å². The van der Waals surface area contributed by atoms with Gasteiger partial charge in [0.25, 0.3) is 0 Å². The second-order valence-corrected chi connectivity index (χ2v) is 6.41. The van der Waals surface area contributed by atoms with Gasteiger partial charge in [-0.1, -0.05) is 27.2 Å². The molecular formula is C15H25NO3. The fourth-order valence-corrected chi connectivity index (χ4v) is 3.97. The summed E-state index contributed by atoms with van der Waals surface area (Å²) in [6, 6.07) is 0. The molecule has 4 heteroatoms. The molecule has 4 nitrogen and oxygen atoms in total. The van der Waals surface area contributed by atoms with Crippen LogP contribution in [-0.4, -0.2) is 24.5 Å². The molecule has 2 amide bonds. The van der Waals surface area contributed by atoms with Crippen LogP contribution < -0.4 is 5.32 Å². The third-order valence-electron chi connectivity index (χ3n) is 4.58. The molecule has 0 aliphatic carbocycles. The monoisotopic (exact) mass is 267 g/mol. The standard InChI is InChI=1S/C15H25NO3/c1-4-5-11-8-15(6-7-19-11)9-12(17)16-14(18)13(15)10(2)3/h10-11,13H,4-9H2,1-3H3,(H,16,17,18). The highest BCUT2D eigenvalue weighted by Crippen LogP contribution is 2.48. The lowest BCUT2D eigenvalue weighted by atomic mass is 9.60. The van der Waals surface area contributed by atoms with Crippen molar-refractivity contribution in [2.24, 2.45) is 17.3 Å². The number of nitrogens with one attached hydrogen (secondary N) is 1. The topological polar surface area (TPSA) is 55.4 Å². The van der Waals surface area contributed by atoms with Gasteiger partial charge >= 0.3 is 0 Å². The average molecular weight is 267 g/mol. The maximum Gasteiger partial charge on any atom is 0.230 e. The maximum absolute atomic E-state index is 12.2. The first-order chi connectivity index (χ1) is 8.98. The van der Waals surface area contributed by atoms with E-state index in [1.807, 2.05) is 0 Å². The van der Waals surface area contributed by atoms with E-state index < -0.39 is 0 Å². The van der Waals surface area contributed by atoms with E-state index in [9.17, 15) is 9.59 Å². The molecule has 2 aliphatic rings. The summed E-state index contributed by atoms with van der Waals surface area (Å²) in [6.07, 6.45) is 4.46. The molecule has 0 aromatic carbocycles. The summed E-state index contributed by atoms with van der Waals surface area (Å²) >= 11 is 0. The summed E-state index contributed by atoms with van der Waals surface area (Å²) in [7, 11) is 0. The van der Waals surface area contributed by atoms with Crippen molar-refractivity contribution >= 4 is 11.8 Å². The van der Waals surface area contributed by atoms with Gasteiger partial charge in [-0.3, -0.25) is 14.9 Å². The van der Waals surface area contributed by atoms with Gasteiger partial charge in [0.05, 0.1) is 6.10 Å². The van der Waals surface area contributed by atoms with Gasteiger partial charge in [0.1, 0.15) is 0 Å². The zero-order chi connectivity index (χ0) is 14.0. The second kappa shape index (κ2) is 5.61. The molecule has 0 aromatic heterocycles. The summed E-state index contributed by atoms with van der Waals surface area (Å²) in [5.74, 6) is 0.00406. The highest BCUT2D eigenvalue weighted by molar-refractivity contribution is 5.99. The molecule has 0 saturated carbocycles. The Kier molecular flexibility index (Phi) is 4.29. The highest BCUT2D eigenvalue weighted by Gasteiger charge is 2.51. The van der Waals surface area contributed by atoms with Gasteiger partial charge in [-0.15, -0.1) is 0 Å². The number of carbonyl (C=O) groups is 2. The van der Waals surface area contributed by atoms with Crippen LogP contribution in [0.5, 0.6) is 0 Å². The largest absolute Gasteiger partial charge is 0.378 e. The molecule has 3 unspecified atom stereocenters. The fourth-order valence-electron chi connectivity index (χ4n) is 3.97. The second-order valence-electron chi connectivity index (χ2n) is 6.41. The molecule has 2 heterocycles. The molecule has 2 rings (SSSR count). The van der Waals surface area contributed by atoms with E-state index in [2.05, 4.69) is 26.1 Å². The number of hydrogen-bond donors (Lipinski definition) is 1. The molecule has 0 radical (unpaired) electrons. The summed E-state index contributed by atoms with van der Waals surface area (Å²) in [6.45, 7) is 6.97. The summed E-state index contributed by atoms with van der Waals surface area (Å²) in [4.78, 5) is 24.0. The van der Waals surface area contributed by atoms with Crippen LogP contribution >= 0.6 is 0 Å². The van der Waals surface area contributed by atoms with Gasteiger partial charge in [0, 0.05) is 18.9 Å². The Morgan fingerprint density at radius 1 is 1.42 bits per heavy atom. The Labute approximate surface area is 115 Å². The molecule has 108 valence electrons. The molecule has 2 saturated heterocycles. The van der Waals surface area contributed by atoms with Crippen LogP contribution in [0, 0.1) is 17.3 Å². The van der Waals surface area contributed by atoms with Crippen molar-refractivity contribution < 1.29 is 14.3 Å². The van der Waals surface area contributed by atoms with Crippen molar-refractivity contribution in [1.82, 2.24) is 5.32 Å². The Bertz CT molecular complexity index is 364. The predicted octanol–water partition coefficient (Wildman–Crippen LogP) is 2.27. The molecule has 3 atom stereocenters. The van der Waals surface area contributed by atoms with Crippen molar-refractivity contribution in [2.75, 3.05) is 6.61 Å². The van der Waals surface area contributed by atoms with Crippen molar-refractivity contribution in [1.29, 1.82) is 0 Å². The maximum atomic E-state index is 12.2. The smallest absolute Gasteiger partial charge is 0.230 e. The van der Waals surface area contributed by atoms with E-state index in [0.717, 1.165) is 25.7 Å². The number of piperidine rings is 1. The Balaban J connectivity index is 2.25. The van der Waals surface area contributed by atoms with Crippen LogP contribution in [0.3, 0.4) is 0 Å². The Hall–Kier alpha value is -0.900. The zero-order valence-electron chi connectivity index (χ0n) is 12.2. The van der Waals surface area contributed by atoms with E-state index in [-0.39, 0.29) is 35.2 Å². The van der Waals surface area contributed by atoms with Gasteiger partial charge in [0.15, 0.2) is 0 Å². The first kappa shape index (κ1) is 14.5. The van der Waals surface area contributed by atoms with Crippen molar-refractivity contribution in [3.8, 4) is 0 Å². The summed E-state index contributed by atoms with van der Waals surface area (Å²) in [5.41, 5.74) is -0.175. The summed E-state index contributed by atoms with van der Waals surface area (Å²) < 4.78 is 5.80. The normalized spacial score (nSPS) is 35.8. The first-order valence-electron chi connectivity index (χ1n) is 7.44. The van der Waals surface area contributed by atoms with Gasteiger partial charge in [-0.25, -0.2) is 0 Å². The fraction of sp³-hybridized carbons (Fsp3) is 0.867. The Morgan fingerprint density at radius 3 is 2.79 bits per heavy atom. The molecule has 2 fully saturated rings. The van der Waals surface area contributed by atoms with E-state index in [0.29, 0.717) is 13.0 Å². The number of rotatable bonds is 3. The molecule has 19 heavy (non-hydrogen) atoms. The number of imide groups is 1. The molecule has 0 bridgehead atoms. The van der Waals surface area contributed by atoms with Gasteiger partial charge < -0.3 is 4.74 Å². The first-order valence-corrected chi connectivity index (χ1v) is 7.44. The third kappa shape index (κ3) is 2.83. The van der Waals surface area contributed by atoms with Crippen LogP contribution in [0.2, 0.25) is 0 Å². The number of carbonyl (C=O) groups excluding carboxylic acids is 2. The number of ether oxygens (including phenoxy) is 1. The SMILES string of the molecule is CCCC1CC2(CCO1)CC(=O)NC(=O)C2C(C)C. The molecule has 2 aliphatic heterocycles. The van der Waals surface area contributed by atoms with Crippen LogP contribution in [-0.2, 0) is 14.3 Å². The highest BCUT2D eigenvalue weighted by atomic mass is 16.5. The minimum Gasteiger partial charge on any atom is -0.378 e. The van der Waals surface area contributed by atoms with Crippen LogP contribution in [0.25, 0.3) is 0 Å². The van der Waals surface area contributed by atoms with Gasteiger partial charge in [0.2, 0.25) is 11.8 Å². The van der Waals surface area contributed by atoms with Crippen molar-refractivity contribution in [3.05, 3.63) is 0 Å². The van der Waals surface area contributed by atoms with E-state index in [1.54, 1.807) is 0 Å². The molecule has 1 N–H and O–H groups in total. The quantitative estimate of drug-likeness (QED) is 0.798. The number of amides is 2.